The zero-order valence-electron chi connectivity index (χ0n) is 22.7. The van der Waals surface area contributed by atoms with Gasteiger partial charge in [-0.25, -0.2) is 19.6 Å². The van der Waals surface area contributed by atoms with Crippen LogP contribution in [-0.4, -0.2) is 69.0 Å². The van der Waals surface area contributed by atoms with E-state index in [0.29, 0.717) is 54.1 Å². The van der Waals surface area contributed by atoms with Gasteiger partial charge >= 0.3 is 12.2 Å². The molecule has 1 aliphatic heterocycles. The molecule has 4 rings (SSSR count). The summed E-state index contributed by atoms with van der Waals surface area (Å²) in [4.78, 5) is 38.9. The van der Waals surface area contributed by atoms with E-state index in [1.165, 1.54) is 4.57 Å². The van der Waals surface area contributed by atoms with Crippen molar-refractivity contribution in [1.82, 2.24) is 19.4 Å². The summed E-state index contributed by atoms with van der Waals surface area (Å²) in [7, 11) is 0. The average molecular weight is 540 g/mol. The van der Waals surface area contributed by atoms with Gasteiger partial charge in [0.1, 0.15) is 28.4 Å². The largest absolute Gasteiger partial charge is 0.444 e. The van der Waals surface area contributed by atoms with E-state index in [2.05, 4.69) is 4.90 Å². The standard InChI is InChI=1S/C28H34ClN5O4/c1-27(2,3)37-25(35)33-16-14-32(15-17-33)22-18-30-24(23(31-22)19-9-11-20(29)12-10-19)21-8-7-13-34(21)26(36)38-28(4,5)6/h7-13,18H,14-17H2,1-6H3. The molecule has 0 atom stereocenters. The Morgan fingerprint density at radius 2 is 1.45 bits per heavy atom. The number of hydrogen-bond donors (Lipinski definition) is 0. The van der Waals surface area contributed by atoms with Crippen LogP contribution < -0.4 is 4.90 Å². The molecule has 38 heavy (non-hydrogen) atoms. The lowest BCUT2D eigenvalue weighted by molar-refractivity contribution is 0.0240. The number of amides is 1. The zero-order valence-corrected chi connectivity index (χ0v) is 23.5. The highest BCUT2D eigenvalue weighted by Crippen LogP contribution is 2.32. The summed E-state index contributed by atoms with van der Waals surface area (Å²) in [5.41, 5.74) is 1.34. The molecule has 1 aliphatic rings. The van der Waals surface area contributed by atoms with E-state index in [9.17, 15) is 9.59 Å². The number of carbonyl (C=O) groups excluding carboxylic acids is 2. The Balaban J connectivity index is 1.65. The molecule has 0 aliphatic carbocycles. The number of aromatic nitrogens is 3. The van der Waals surface area contributed by atoms with Crippen LogP contribution in [0, 0.1) is 0 Å². The molecule has 3 aromatic rings. The van der Waals surface area contributed by atoms with E-state index >= 15 is 0 Å². The number of ether oxygens (including phenoxy) is 2. The molecule has 3 heterocycles. The molecule has 0 unspecified atom stereocenters. The highest BCUT2D eigenvalue weighted by Gasteiger charge is 2.28. The molecule has 0 N–H and O–H groups in total. The van der Waals surface area contributed by atoms with Gasteiger partial charge in [0.2, 0.25) is 0 Å². The van der Waals surface area contributed by atoms with Crippen LogP contribution in [0.1, 0.15) is 41.5 Å². The topological polar surface area (TPSA) is 89.8 Å². The Labute approximate surface area is 228 Å². The molecule has 0 saturated carbocycles. The van der Waals surface area contributed by atoms with Gasteiger partial charge in [-0.3, -0.25) is 4.57 Å². The minimum Gasteiger partial charge on any atom is -0.444 e. The van der Waals surface area contributed by atoms with Crippen LogP contribution >= 0.6 is 11.6 Å². The number of halogens is 1. The van der Waals surface area contributed by atoms with Crippen molar-refractivity contribution >= 4 is 29.6 Å². The van der Waals surface area contributed by atoms with Crippen molar-refractivity contribution in [3.63, 3.8) is 0 Å². The molecule has 10 heteroatoms. The first-order valence-electron chi connectivity index (χ1n) is 12.6. The number of anilines is 1. The molecular weight excluding hydrogens is 506 g/mol. The zero-order chi connectivity index (χ0) is 27.7. The monoisotopic (exact) mass is 539 g/mol. The van der Waals surface area contributed by atoms with Gasteiger partial charge in [-0.1, -0.05) is 23.7 Å². The minimum atomic E-state index is -0.644. The summed E-state index contributed by atoms with van der Waals surface area (Å²) in [5, 5.41) is 0.606. The molecule has 1 saturated heterocycles. The molecule has 1 aromatic carbocycles. The predicted octanol–water partition coefficient (Wildman–Crippen LogP) is 6.11. The lowest BCUT2D eigenvalue weighted by Gasteiger charge is -2.36. The number of benzene rings is 1. The number of hydrogen-bond acceptors (Lipinski definition) is 7. The van der Waals surface area contributed by atoms with Gasteiger partial charge in [0.15, 0.2) is 0 Å². The highest BCUT2D eigenvalue weighted by molar-refractivity contribution is 6.30. The van der Waals surface area contributed by atoms with Crippen LogP contribution in [0.3, 0.4) is 0 Å². The maximum atomic E-state index is 12.9. The maximum absolute atomic E-state index is 12.9. The van der Waals surface area contributed by atoms with Crippen LogP contribution in [0.4, 0.5) is 15.4 Å². The molecule has 9 nitrogen and oxygen atoms in total. The fraction of sp³-hybridized carbons (Fsp3) is 0.429. The second-order valence-electron chi connectivity index (χ2n) is 11.1. The second kappa shape index (κ2) is 10.6. The van der Waals surface area contributed by atoms with E-state index in [1.54, 1.807) is 35.5 Å². The third-order valence-electron chi connectivity index (χ3n) is 5.71. The quantitative estimate of drug-likeness (QED) is 0.397. The molecule has 0 radical (unpaired) electrons. The van der Waals surface area contributed by atoms with Crippen LogP contribution in [0.25, 0.3) is 22.6 Å². The molecular formula is C28H34ClN5O4. The lowest BCUT2D eigenvalue weighted by Crippen LogP contribution is -2.50. The lowest BCUT2D eigenvalue weighted by atomic mass is 10.1. The summed E-state index contributed by atoms with van der Waals surface area (Å²) in [6.45, 7) is 13.2. The van der Waals surface area contributed by atoms with Crippen molar-refractivity contribution in [3.05, 3.63) is 53.8 Å². The fourth-order valence-corrected chi connectivity index (χ4v) is 4.14. The first-order chi connectivity index (χ1) is 17.8. The van der Waals surface area contributed by atoms with Gasteiger partial charge in [0.05, 0.1) is 11.9 Å². The molecule has 1 amide bonds. The summed E-state index contributed by atoms with van der Waals surface area (Å²) in [5.74, 6) is 0.679. The van der Waals surface area contributed by atoms with Gasteiger partial charge < -0.3 is 19.3 Å². The number of nitrogens with zero attached hydrogens (tertiary/aromatic N) is 5. The summed E-state index contributed by atoms with van der Waals surface area (Å²) in [6, 6.07) is 10.9. The number of carbonyl (C=O) groups is 2. The Kier molecular flexibility index (Phi) is 7.69. The minimum absolute atomic E-state index is 0.316. The highest BCUT2D eigenvalue weighted by atomic mass is 35.5. The number of rotatable bonds is 3. The second-order valence-corrected chi connectivity index (χ2v) is 11.6. The first kappa shape index (κ1) is 27.4. The third-order valence-corrected chi connectivity index (χ3v) is 5.97. The SMILES string of the molecule is CC(C)(C)OC(=O)N1CCN(c2cnc(-c3cccn3C(=O)OC(C)(C)C)c(-c3ccc(Cl)cc3)n2)CC1. The average Bonchev–Trinajstić information content (AvgIpc) is 3.32. The molecule has 0 spiro atoms. The van der Waals surface area contributed by atoms with Crippen molar-refractivity contribution < 1.29 is 19.1 Å². The molecule has 202 valence electrons. The Bertz CT molecular complexity index is 1300. The normalized spacial score (nSPS) is 14.4. The van der Waals surface area contributed by atoms with Gasteiger partial charge in [-0.2, -0.15) is 0 Å². The van der Waals surface area contributed by atoms with E-state index in [4.69, 9.17) is 31.0 Å². The maximum Gasteiger partial charge on any atom is 0.419 e. The fourth-order valence-electron chi connectivity index (χ4n) is 4.02. The van der Waals surface area contributed by atoms with Crippen molar-refractivity contribution in [3.8, 4) is 22.6 Å². The Hall–Kier alpha value is -3.59. The molecule has 0 bridgehead atoms. The first-order valence-corrected chi connectivity index (χ1v) is 13.0. The summed E-state index contributed by atoms with van der Waals surface area (Å²) >= 11 is 6.15. The summed E-state index contributed by atoms with van der Waals surface area (Å²) < 4.78 is 12.5. The Morgan fingerprint density at radius 1 is 0.842 bits per heavy atom. The van der Waals surface area contributed by atoms with Crippen molar-refractivity contribution in [2.45, 2.75) is 52.7 Å². The van der Waals surface area contributed by atoms with Crippen LogP contribution in [0.2, 0.25) is 5.02 Å². The van der Waals surface area contributed by atoms with Crippen molar-refractivity contribution in [1.29, 1.82) is 0 Å². The Morgan fingerprint density at radius 3 is 2.05 bits per heavy atom. The smallest absolute Gasteiger partial charge is 0.419 e. The number of piperazine rings is 1. The van der Waals surface area contributed by atoms with Crippen LogP contribution in [0.5, 0.6) is 0 Å². The van der Waals surface area contributed by atoms with Gasteiger partial charge in [-0.15, -0.1) is 0 Å². The van der Waals surface area contributed by atoms with Crippen LogP contribution in [0.15, 0.2) is 48.8 Å². The van der Waals surface area contributed by atoms with Gasteiger partial charge in [0, 0.05) is 43.0 Å². The third kappa shape index (κ3) is 6.64. The van der Waals surface area contributed by atoms with Crippen molar-refractivity contribution in [2.24, 2.45) is 0 Å². The van der Waals surface area contributed by atoms with Gasteiger partial charge in [0.25, 0.3) is 0 Å². The molecule has 2 aromatic heterocycles. The molecule has 1 fully saturated rings. The van der Waals surface area contributed by atoms with E-state index in [0.717, 1.165) is 5.56 Å². The van der Waals surface area contributed by atoms with Crippen LogP contribution in [-0.2, 0) is 9.47 Å². The van der Waals surface area contributed by atoms with Gasteiger partial charge in [-0.05, 0) is 65.8 Å². The summed E-state index contributed by atoms with van der Waals surface area (Å²) in [6.07, 6.45) is 2.54. The van der Waals surface area contributed by atoms with E-state index in [-0.39, 0.29) is 6.09 Å². The van der Waals surface area contributed by atoms with E-state index < -0.39 is 17.3 Å². The predicted molar refractivity (Wildman–Crippen MR) is 148 cm³/mol. The van der Waals surface area contributed by atoms with Crippen molar-refractivity contribution in [2.75, 3.05) is 31.1 Å². The van der Waals surface area contributed by atoms with E-state index in [1.807, 2.05) is 59.7 Å².